The quantitative estimate of drug-likeness (QED) is 0.218. The van der Waals surface area contributed by atoms with E-state index in [1.807, 2.05) is 0 Å². The monoisotopic (exact) mass is 508 g/mol. The van der Waals surface area contributed by atoms with Crippen LogP contribution in [0.4, 0.5) is 0 Å². The molecular weight excluding hydrogens is 484 g/mol. The third-order valence-corrected chi connectivity index (χ3v) is 8.55. The number of hydrogen-bond donors (Lipinski definition) is 2. The highest BCUT2D eigenvalue weighted by atomic mass is 14.7. The number of fused-ring (bicyclic) bond motifs is 9. The van der Waals surface area contributed by atoms with Gasteiger partial charge in [-0.2, -0.15) is 0 Å². The third-order valence-electron chi connectivity index (χ3n) is 8.55. The van der Waals surface area contributed by atoms with E-state index in [1.54, 1.807) is 0 Å². The summed E-state index contributed by atoms with van der Waals surface area (Å²) in [7, 11) is 0. The van der Waals surface area contributed by atoms with E-state index >= 15 is 0 Å². The number of para-hydroxylation sites is 2. The van der Waals surface area contributed by atoms with Gasteiger partial charge in [-0.25, -0.2) is 0 Å². The highest BCUT2D eigenvalue weighted by Gasteiger charge is 2.19. The maximum atomic E-state index is 3.87. The Balaban J connectivity index is 1.43. The average Bonchev–Trinajstić information content (AvgIpc) is 3.62. The van der Waals surface area contributed by atoms with Crippen LogP contribution in [-0.4, -0.2) is 9.97 Å². The van der Waals surface area contributed by atoms with Crippen LogP contribution >= 0.6 is 0 Å². The molecule has 0 atom stereocenters. The number of hydrogen-bond acceptors (Lipinski definition) is 0. The fraction of sp³-hybridized carbons (Fsp3) is 0. The van der Waals surface area contributed by atoms with Crippen LogP contribution in [0.15, 0.2) is 133 Å². The minimum absolute atomic E-state index is 1.13. The molecule has 7 aromatic carbocycles. The van der Waals surface area contributed by atoms with Gasteiger partial charge in [-0.15, -0.1) is 0 Å². The molecule has 2 heteroatoms. The molecule has 186 valence electrons. The molecule has 2 aromatic heterocycles. The van der Waals surface area contributed by atoms with Crippen molar-refractivity contribution in [2.75, 3.05) is 0 Å². The molecule has 40 heavy (non-hydrogen) atoms. The number of H-pyrrole nitrogens is 2. The molecule has 0 aliphatic heterocycles. The Kier molecular flexibility index (Phi) is 4.36. The summed E-state index contributed by atoms with van der Waals surface area (Å²) in [6.07, 6.45) is 0. The lowest BCUT2D eigenvalue weighted by molar-refractivity contribution is 1.47. The van der Waals surface area contributed by atoms with E-state index in [2.05, 4.69) is 143 Å². The van der Waals surface area contributed by atoms with Crippen LogP contribution in [0, 0.1) is 0 Å². The first-order chi connectivity index (χ1) is 19.8. The van der Waals surface area contributed by atoms with Crippen molar-refractivity contribution < 1.29 is 0 Å². The summed E-state index contributed by atoms with van der Waals surface area (Å²) in [5, 5.41) is 11.3. The third kappa shape index (κ3) is 2.99. The van der Waals surface area contributed by atoms with Crippen molar-refractivity contribution in [3.63, 3.8) is 0 Å². The van der Waals surface area contributed by atoms with E-state index in [9.17, 15) is 0 Å². The predicted octanol–water partition coefficient (Wildman–Crippen LogP) is 10.6. The highest BCUT2D eigenvalue weighted by molar-refractivity contribution is 6.19. The van der Waals surface area contributed by atoms with Gasteiger partial charge in [0.1, 0.15) is 0 Å². The number of benzene rings is 7. The van der Waals surface area contributed by atoms with Crippen molar-refractivity contribution in [1.29, 1.82) is 0 Å². The van der Waals surface area contributed by atoms with E-state index in [1.165, 1.54) is 76.2 Å². The minimum Gasteiger partial charge on any atom is -0.354 e. The second kappa shape index (κ2) is 8.08. The summed E-state index contributed by atoms with van der Waals surface area (Å²) >= 11 is 0. The molecule has 2 nitrogen and oxygen atoms in total. The first-order valence-corrected chi connectivity index (χ1v) is 13.8. The zero-order chi connectivity index (χ0) is 26.2. The van der Waals surface area contributed by atoms with Gasteiger partial charge in [-0.05, 0) is 44.6 Å². The Morgan fingerprint density at radius 3 is 1.93 bits per heavy atom. The largest absolute Gasteiger partial charge is 0.354 e. The van der Waals surface area contributed by atoms with Crippen LogP contribution < -0.4 is 0 Å². The lowest BCUT2D eigenvalue weighted by atomic mass is 9.89. The number of aromatic amines is 2. The molecule has 0 saturated carbocycles. The Morgan fingerprint density at radius 2 is 1.02 bits per heavy atom. The van der Waals surface area contributed by atoms with E-state index in [4.69, 9.17) is 0 Å². The molecule has 0 amide bonds. The topological polar surface area (TPSA) is 31.6 Å². The van der Waals surface area contributed by atoms with Crippen molar-refractivity contribution in [2.45, 2.75) is 0 Å². The predicted molar refractivity (Wildman–Crippen MR) is 171 cm³/mol. The molecule has 0 fully saturated rings. The van der Waals surface area contributed by atoms with Crippen molar-refractivity contribution in [3.05, 3.63) is 133 Å². The maximum Gasteiger partial charge on any atom is 0.0544 e. The summed E-state index contributed by atoms with van der Waals surface area (Å²) in [4.78, 5) is 7.61. The van der Waals surface area contributed by atoms with Gasteiger partial charge in [0.2, 0.25) is 0 Å². The normalized spacial score (nSPS) is 12.0. The van der Waals surface area contributed by atoms with Gasteiger partial charge in [-0.1, -0.05) is 121 Å². The van der Waals surface area contributed by atoms with E-state index < -0.39 is 0 Å². The van der Waals surface area contributed by atoms with Crippen molar-refractivity contribution in [1.82, 2.24) is 9.97 Å². The Morgan fingerprint density at radius 1 is 0.350 bits per heavy atom. The Labute approximate surface area is 230 Å². The average molecular weight is 509 g/mol. The van der Waals surface area contributed by atoms with Gasteiger partial charge in [0.05, 0.1) is 11.0 Å². The molecule has 0 unspecified atom stereocenters. The van der Waals surface area contributed by atoms with Gasteiger partial charge in [0, 0.05) is 43.9 Å². The molecule has 2 N–H and O–H groups in total. The lowest BCUT2D eigenvalue weighted by Gasteiger charge is -2.15. The van der Waals surface area contributed by atoms with Crippen LogP contribution in [-0.2, 0) is 0 Å². The summed E-state index contributed by atoms with van der Waals surface area (Å²) in [6.45, 7) is 0. The fourth-order valence-electron chi connectivity index (χ4n) is 6.71. The zero-order valence-electron chi connectivity index (χ0n) is 21.7. The summed E-state index contributed by atoms with van der Waals surface area (Å²) < 4.78 is 0. The van der Waals surface area contributed by atoms with Crippen molar-refractivity contribution in [3.8, 4) is 22.4 Å². The van der Waals surface area contributed by atoms with Crippen molar-refractivity contribution in [2.24, 2.45) is 0 Å². The van der Waals surface area contributed by atoms with E-state index in [0.29, 0.717) is 0 Å². The van der Waals surface area contributed by atoms with Crippen LogP contribution in [0.25, 0.3) is 87.4 Å². The smallest absolute Gasteiger partial charge is 0.0544 e. The van der Waals surface area contributed by atoms with Gasteiger partial charge in [-0.3, -0.25) is 0 Å². The zero-order valence-corrected chi connectivity index (χ0v) is 21.7. The van der Waals surface area contributed by atoms with Gasteiger partial charge >= 0.3 is 0 Å². The molecule has 9 rings (SSSR count). The van der Waals surface area contributed by atoms with Crippen LogP contribution in [0.1, 0.15) is 0 Å². The molecule has 0 saturated heterocycles. The summed E-state index contributed by atoms with van der Waals surface area (Å²) in [5.41, 5.74) is 8.31. The van der Waals surface area contributed by atoms with Crippen LogP contribution in [0.5, 0.6) is 0 Å². The molecule has 0 aliphatic rings. The minimum atomic E-state index is 1.13. The molecule has 2 heterocycles. The van der Waals surface area contributed by atoms with E-state index in [0.717, 1.165) is 11.2 Å². The fourth-order valence-corrected chi connectivity index (χ4v) is 6.71. The van der Waals surface area contributed by atoms with Gasteiger partial charge in [0.15, 0.2) is 0 Å². The summed E-state index contributed by atoms with van der Waals surface area (Å²) in [5.74, 6) is 0. The molecular formula is C38H24N2. The lowest BCUT2D eigenvalue weighted by Crippen LogP contribution is -1.90. The molecule has 0 spiro atoms. The molecule has 0 bridgehead atoms. The molecule has 0 aliphatic carbocycles. The van der Waals surface area contributed by atoms with Gasteiger partial charge in [0.25, 0.3) is 0 Å². The molecule has 0 radical (unpaired) electrons. The Bertz CT molecular complexity index is 2440. The number of rotatable bonds is 2. The van der Waals surface area contributed by atoms with Crippen LogP contribution in [0.3, 0.4) is 0 Å². The van der Waals surface area contributed by atoms with Crippen LogP contribution in [0.2, 0.25) is 0 Å². The Hall–Kier alpha value is -5.34. The maximum absolute atomic E-state index is 3.87. The molecule has 9 aromatic rings. The SMILES string of the molecule is c1ccc2c(c1)ccc1c(-c3cc4ccc5ccccc5c4[nH]3)c(-c3cccc4c3[nH]c3ccccc34)ccc12. The second-order valence-corrected chi connectivity index (χ2v) is 10.7. The standard InChI is InChI=1S/C38H24N2/c1-3-10-26-23(8-1)18-19-30-28(26)20-21-31(33-14-7-13-32-29-12-5-6-15-34(29)39-38(32)33)36(30)35-22-25-17-16-24-9-2-4-11-27(24)37(25)40-35/h1-22,39-40H. The van der Waals surface area contributed by atoms with Gasteiger partial charge < -0.3 is 9.97 Å². The highest BCUT2D eigenvalue weighted by Crippen LogP contribution is 2.44. The first-order valence-electron chi connectivity index (χ1n) is 13.8. The van der Waals surface area contributed by atoms with E-state index in [-0.39, 0.29) is 0 Å². The second-order valence-electron chi connectivity index (χ2n) is 10.7. The number of nitrogens with one attached hydrogen (secondary N) is 2. The van der Waals surface area contributed by atoms with Crippen molar-refractivity contribution >= 4 is 65.0 Å². The number of aromatic nitrogens is 2. The summed E-state index contributed by atoms with van der Waals surface area (Å²) in [6, 6.07) is 48.5. The first kappa shape index (κ1) is 21.6.